The SMILES string of the molecule is CNCCN[C@@H](Cc1cn(CCCC(F)F)cn1)C(=O)OC. The summed E-state index contributed by atoms with van der Waals surface area (Å²) in [6, 6.07) is -0.470. The van der Waals surface area contributed by atoms with Gasteiger partial charge in [-0.15, -0.1) is 0 Å². The number of imidazole rings is 1. The molecule has 1 atom stereocenters. The number of rotatable bonds is 11. The number of hydrogen-bond donors (Lipinski definition) is 2. The van der Waals surface area contributed by atoms with Crippen LogP contribution in [0.2, 0.25) is 0 Å². The van der Waals surface area contributed by atoms with E-state index in [1.807, 2.05) is 7.05 Å². The van der Waals surface area contributed by atoms with Gasteiger partial charge in [0.25, 0.3) is 0 Å². The lowest BCUT2D eigenvalue weighted by atomic mass is 10.1. The summed E-state index contributed by atoms with van der Waals surface area (Å²) in [5.74, 6) is -0.344. The minimum atomic E-state index is -2.27. The summed E-state index contributed by atoms with van der Waals surface area (Å²) >= 11 is 0. The molecular weight excluding hydrogens is 294 g/mol. The van der Waals surface area contributed by atoms with Gasteiger partial charge >= 0.3 is 5.97 Å². The molecule has 1 aromatic heterocycles. The van der Waals surface area contributed by atoms with Gasteiger partial charge in [0, 0.05) is 38.7 Å². The van der Waals surface area contributed by atoms with Gasteiger partial charge in [-0.2, -0.15) is 0 Å². The van der Waals surface area contributed by atoms with Crippen LogP contribution in [0.1, 0.15) is 18.5 Å². The molecule has 0 amide bonds. The minimum absolute atomic E-state index is 0.121. The number of halogens is 2. The fourth-order valence-corrected chi connectivity index (χ4v) is 2.02. The number of esters is 1. The van der Waals surface area contributed by atoms with Crippen LogP contribution in [-0.4, -0.2) is 55.2 Å². The number of aryl methyl sites for hydroxylation is 1. The van der Waals surface area contributed by atoms with E-state index in [1.54, 1.807) is 17.1 Å². The van der Waals surface area contributed by atoms with Crippen molar-refractivity contribution in [1.29, 1.82) is 0 Å². The second kappa shape index (κ2) is 10.2. The van der Waals surface area contributed by atoms with Crippen molar-refractivity contribution in [3.63, 3.8) is 0 Å². The summed E-state index contributed by atoms with van der Waals surface area (Å²) in [6.07, 6.45) is 1.78. The number of carbonyl (C=O) groups is 1. The zero-order chi connectivity index (χ0) is 16.4. The Hall–Kier alpha value is -1.54. The van der Waals surface area contributed by atoms with Crippen LogP contribution in [0.3, 0.4) is 0 Å². The molecule has 0 spiro atoms. The molecule has 0 radical (unpaired) electrons. The van der Waals surface area contributed by atoms with Crippen molar-refractivity contribution in [2.75, 3.05) is 27.2 Å². The standard InChI is InChI=1S/C14H24F2N4O2/c1-17-5-6-18-12(14(21)22-2)8-11-9-20(10-19-11)7-3-4-13(15)16/h9-10,12-13,17-18H,3-8H2,1-2H3/t12-/m0/s1. The van der Waals surface area contributed by atoms with Gasteiger partial charge in [-0.05, 0) is 13.5 Å². The number of alkyl halides is 2. The smallest absolute Gasteiger partial charge is 0.323 e. The molecular formula is C14H24F2N4O2. The number of ether oxygens (including phenoxy) is 1. The second-order valence-corrected chi connectivity index (χ2v) is 4.97. The third kappa shape index (κ3) is 6.95. The Bertz CT molecular complexity index is 440. The third-order valence-electron chi connectivity index (χ3n) is 3.19. The van der Waals surface area contributed by atoms with Crippen molar-refractivity contribution in [1.82, 2.24) is 20.2 Å². The average molecular weight is 318 g/mol. The molecule has 126 valence electrons. The number of likely N-dealkylation sites (N-methyl/N-ethyl adjacent to an activating group) is 1. The fourth-order valence-electron chi connectivity index (χ4n) is 2.02. The molecule has 0 aliphatic rings. The first kappa shape index (κ1) is 18.5. The number of nitrogens with one attached hydrogen (secondary N) is 2. The molecule has 2 N–H and O–H groups in total. The molecule has 0 saturated heterocycles. The van der Waals surface area contributed by atoms with E-state index in [1.165, 1.54) is 7.11 Å². The van der Waals surface area contributed by atoms with Gasteiger partial charge in [0.1, 0.15) is 6.04 Å². The van der Waals surface area contributed by atoms with E-state index in [0.717, 1.165) is 12.2 Å². The normalized spacial score (nSPS) is 12.6. The first-order valence-electron chi connectivity index (χ1n) is 7.31. The molecule has 0 fully saturated rings. The number of hydrogen-bond acceptors (Lipinski definition) is 5. The Morgan fingerprint density at radius 3 is 2.86 bits per heavy atom. The van der Waals surface area contributed by atoms with Crippen LogP contribution < -0.4 is 10.6 Å². The van der Waals surface area contributed by atoms with Crippen molar-refractivity contribution in [2.24, 2.45) is 0 Å². The predicted molar refractivity (Wildman–Crippen MR) is 78.9 cm³/mol. The van der Waals surface area contributed by atoms with Crippen LogP contribution in [0.15, 0.2) is 12.5 Å². The maximum atomic E-state index is 12.1. The van der Waals surface area contributed by atoms with E-state index in [-0.39, 0.29) is 12.4 Å². The minimum Gasteiger partial charge on any atom is -0.468 e. The lowest BCUT2D eigenvalue weighted by Gasteiger charge is -2.15. The zero-order valence-corrected chi connectivity index (χ0v) is 13.0. The van der Waals surface area contributed by atoms with Crippen LogP contribution in [0.25, 0.3) is 0 Å². The Labute approximate surface area is 129 Å². The summed E-state index contributed by atoms with van der Waals surface area (Å²) in [5, 5.41) is 6.09. The maximum Gasteiger partial charge on any atom is 0.323 e. The molecule has 0 aliphatic carbocycles. The van der Waals surface area contributed by atoms with Crippen molar-refractivity contribution in [2.45, 2.75) is 38.3 Å². The fraction of sp³-hybridized carbons (Fsp3) is 0.714. The molecule has 0 aliphatic heterocycles. The van der Waals surface area contributed by atoms with Crippen LogP contribution in [0, 0.1) is 0 Å². The van der Waals surface area contributed by atoms with Crippen LogP contribution in [0.5, 0.6) is 0 Å². The van der Waals surface area contributed by atoms with Gasteiger partial charge in [-0.3, -0.25) is 4.79 Å². The number of aromatic nitrogens is 2. The second-order valence-electron chi connectivity index (χ2n) is 4.97. The number of carbonyl (C=O) groups excluding carboxylic acids is 1. The predicted octanol–water partition coefficient (Wildman–Crippen LogP) is 0.821. The van der Waals surface area contributed by atoms with Crippen molar-refractivity contribution < 1.29 is 18.3 Å². The van der Waals surface area contributed by atoms with Crippen molar-refractivity contribution >= 4 is 5.97 Å². The highest BCUT2D eigenvalue weighted by Crippen LogP contribution is 2.07. The summed E-state index contributed by atoms with van der Waals surface area (Å²) in [5.41, 5.74) is 0.726. The monoisotopic (exact) mass is 318 g/mol. The lowest BCUT2D eigenvalue weighted by molar-refractivity contribution is -0.143. The van der Waals surface area contributed by atoms with Crippen molar-refractivity contribution in [3.8, 4) is 0 Å². The zero-order valence-electron chi connectivity index (χ0n) is 13.0. The lowest BCUT2D eigenvalue weighted by Crippen LogP contribution is -2.42. The highest BCUT2D eigenvalue weighted by atomic mass is 19.3. The van der Waals surface area contributed by atoms with E-state index in [2.05, 4.69) is 15.6 Å². The van der Waals surface area contributed by atoms with Gasteiger partial charge in [0.15, 0.2) is 0 Å². The Morgan fingerprint density at radius 1 is 1.45 bits per heavy atom. The molecule has 1 aromatic rings. The van der Waals surface area contributed by atoms with Gasteiger partial charge in [-0.25, -0.2) is 13.8 Å². The van der Waals surface area contributed by atoms with E-state index < -0.39 is 12.5 Å². The Kier molecular flexibility index (Phi) is 8.61. The summed E-state index contributed by atoms with van der Waals surface area (Å²) in [4.78, 5) is 16.0. The molecule has 1 heterocycles. The first-order chi connectivity index (χ1) is 10.6. The first-order valence-corrected chi connectivity index (χ1v) is 7.31. The van der Waals surface area contributed by atoms with E-state index in [4.69, 9.17) is 4.74 Å². The molecule has 1 rings (SSSR count). The Morgan fingerprint density at radius 2 is 2.23 bits per heavy atom. The van der Waals surface area contributed by atoms with Crippen LogP contribution in [-0.2, 0) is 22.5 Å². The summed E-state index contributed by atoms with van der Waals surface area (Å²) in [7, 11) is 3.17. The quantitative estimate of drug-likeness (QED) is 0.467. The molecule has 0 unspecified atom stereocenters. The van der Waals surface area contributed by atoms with E-state index in [9.17, 15) is 13.6 Å². The molecule has 22 heavy (non-hydrogen) atoms. The largest absolute Gasteiger partial charge is 0.468 e. The Balaban J connectivity index is 2.50. The highest BCUT2D eigenvalue weighted by molar-refractivity contribution is 5.75. The summed E-state index contributed by atoms with van der Waals surface area (Å²) < 4.78 is 30.7. The van der Waals surface area contributed by atoms with Gasteiger partial charge < -0.3 is 19.9 Å². The molecule has 6 nitrogen and oxygen atoms in total. The van der Waals surface area contributed by atoms with E-state index in [0.29, 0.717) is 25.9 Å². The topological polar surface area (TPSA) is 68.2 Å². The molecule has 0 aromatic carbocycles. The van der Waals surface area contributed by atoms with Gasteiger partial charge in [0.2, 0.25) is 6.43 Å². The van der Waals surface area contributed by atoms with Gasteiger partial charge in [-0.1, -0.05) is 0 Å². The van der Waals surface area contributed by atoms with Crippen LogP contribution in [0.4, 0.5) is 8.78 Å². The molecule has 0 bridgehead atoms. The highest BCUT2D eigenvalue weighted by Gasteiger charge is 2.20. The number of methoxy groups -OCH3 is 1. The molecule has 0 saturated carbocycles. The maximum absolute atomic E-state index is 12.1. The van der Waals surface area contributed by atoms with Gasteiger partial charge in [0.05, 0.1) is 19.1 Å². The van der Waals surface area contributed by atoms with Crippen molar-refractivity contribution in [3.05, 3.63) is 18.2 Å². The average Bonchev–Trinajstić information content (AvgIpc) is 2.93. The third-order valence-corrected chi connectivity index (χ3v) is 3.19. The van der Waals surface area contributed by atoms with Crippen LogP contribution >= 0.6 is 0 Å². The number of nitrogens with zero attached hydrogens (tertiary/aromatic N) is 2. The summed E-state index contributed by atoms with van der Waals surface area (Å²) in [6.45, 7) is 1.86. The molecule has 8 heteroatoms. The van der Waals surface area contributed by atoms with E-state index >= 15 is 0 Å².